The van der Waals surface area contributed by atoms with Gasteiger partial charge in [-0.3, -0.25) is 4.79 Å². The normalized spacial score (nSPS) is 12.0. The summed E-state index contributed by atoms with van der Waals surface area (Å²) in [6.07, 6.45) is 6.40. The van der Waals surface area contributed by atoms with Crippen LogP contribution in [-0.2, 0) is 4.74 Å². The smallest absolute Gasteiger partial charge is 0.191 e. The van der Waals surface area contributed by atoms with Crippen LogP contribution in [0, 0.1) is 6.92 Å². The van der Waals surface area contributed by atoms with Gasteiger partial charge in [-0.05, 0) is 47.0 Å². The number of allylic oxidation sites excluding steroid dienone is 2. The topological polar surface area (TPSA) is 26.3 Å². The Morgan fingerprint density at radius 3 is 2.43 bits per heavy atom. The lowest BCUT2D eigenvalue weighted by Crippen LogP contribution is -2.21. The number of rotatable bonds is 9. The SMILES string of the molecule is CC(C)=CCCCCCOC(C)C(=O)c1ccc(C)cc1. The second-order valence-corrected chi connectivity index (χ2v) is 5.87. The quantitative estimate of drug-likeness (QED) is 0.358. The number of hydrogen-bond donors (Lipinski definition) is 0. The van der Waals surface area contributed by atoms with Gasteiger partial charge in [0.15, 0.2) is 5.78 Å². The van der Waals surface area contributed by atoms with Crippen LogP contribution in [0.15, 0.2) is 35.9 Å². The van der Waals surface area contributed by atoms with Gasteiger partial charge in [0.25, 0.3) is 0 Å². The molecule has 0 bridgehead atoms. The van der Waals surface area contributed by atoms with Gasteiger partial charge in [-0.1, -0.05) is 47.9 Å². The minimum absolute atomic E-state index is 0.0690. The molecule has 0 aliphatic heterocycles. The Bertz CT molecular complexity index is 453. The average Bonchev–Trinajstić information content (AvgIpc) is 2.45. The molecular weight excluding hydrogens is 260 g/mol. The summed E-state index contributed by atoms with van der Waals surface area (Å²) in [5.74, 6) is 0.0690. The lowest BCUT2D eigenvalue weighted by Gasteiger charge is -2.12. The predicted molar refractivity (Wildman–Crippen MR) is 88.8 cm³/mol. The molecule has 2 nitrogen and oxygen atoms in total. The Balaban J connectivity index is 2.21. The molecule has 0 heterocycles. The van der Waals surface area contributed by atoms with Crippen molar-refractivity contribution in [3.05, 3.63) is 47.0 Å². The Labute approximate surface area is 129 Å². The molecule has 1 unspecified atom stereocenters. The summed E-state index contributed by atoms with van der Waals surface area (Å²) in [6, 6.07) is 7.67. The van der Waals surface area contributed by atoms with Gasteiger partial charge in [-0.2, -0.15) is 0 Å². The number of ketones is 1. The maximum atomic E-state index is 12.2. The molecule has 0 aliphatic rings. The highest BCUT2D eigenvalue weighted by atomic mass is 16.5. The molecule has 0 spiro atoms. The fraction of sp³-hybridized carbons (Fsp3) is 0.526. The standard InChI is InChI=1S/C19H28O2/c1-15(2)9-7-5-6-8-14-21-17(4)19(20)18-12-10-16(3)11-13-18/h9-13,17H,5-8,14H2,1-4H3. The van der Waals surface area contributed by atoms with Crippen LogP contribution < -0.4 is 0 Å². The van der Waals surface area contributed by atoms with Crippen molar-refractivity contribution < 1.29 is 9.53 Å². The first kappa shape index (κ1) is 17.6. The minimum Gasteiger partial charge on any atom is -0.370 e. The third kappa shape index (κ3) is 7.24. The summed E-state index contributed by atoms with van der Waals surface area (Å²) in [4.78, 5) is 12.2. The molecule has 0 N–H and O–H groups in total. The van der Waals surface area contributed by atoms with Crippen LogP contribution in [0.25, 0.3) is 0 Å². The molecule has 0 radical (unpaired) electrons. The van der Waals surface area contributed by atoms with E-state index in [4.69, 9.17) is 4.74 Å². The fourth-order valence-corrected chi connectivity index (χ4v) is 2.10. The summed E-state index contributed by atoms with van der Waals surface area (Å²) in [5, 5.41) is 0. The lowest BCUT2D eigenvalue weighted by molar-refractivity contribution is 0.0464. The van der Waals surface area contributed by atoms with Gasteiger partial charge in [-0.15, -0.1) is 0 Å². The van der Waals surface area contributed by atoms with Crippen LogP contribution in [0.5, 0.6) is 0 Å². The van der Waals surface area contributed by atoms with Crippen molar-refractivity contribution in [3.8, 4) is 0 Å². The Morgan fingerprint density at radius 2 is 1.81 bits per heavy atom. The largest absolute Gasteiger partial charge is 0.370 e. The highest BCUT2D eigenvalue weighted by Gasteiger charge is 2.15. The van der Waals surface area contributed by atoms with E-state index < -0.39 is 0 Å². The van der Waals surface area contributed by atoms with Crippen LogP contribution >= 0.6 is 0 Å². The van der Waals surface area contributed by atoms with E-state index in [1.807, 2.05) is 38.1 Å². The van der Waals surface area contributed by atoms with Crippen LogP contribution in [0.2, 0.25) is 0 Å². The third-order valence-electron chi connectivity index (χ3n) is 3.47. The molecule has 1 aromatic rings. The summed E-state index contributed by atoms with van der Waals surface area (Å²) >= 11 is 0. The summed E-state index contributed by atoms with van der Waals surface area (Å²) in [5.41, 5.74) is 3.27. The van der Waals surface area contributed by atoms with E-state index in [-0.39, 0.29) is 11.9 Å². The van der Waals surface area contributed by atoms with Crippen LogP contribution in [0.3, 0.4) is 0 Å². The summed E-state index contributed by atoms with van der Waals surface area (Å²) < 4.78 is 5.65. The van der Waals surface area contributed by atoms with E-state index in [0.717, 1.165) is 30.4 Å². The van der Waals surface area contributed by atoms with Crippen molar-refractivity contribution in [1.29, 1.82) is 0 Å². The number of aryl methyl sites for hydroxylation is 1. The monoisotopic (exact) mass is 288 g/mol. The van der Waals surface area contributed by atoms with Gasteiger partial charge < -0.3 is 4.74 Å². The number of ether oxygens (including phenoxy) is 1. The number of hydrogen-bond acceptors (Lipinski definition) is 2. The second-order valence-electron chi connectivity index (χ2n) is 5.87. The van der Waals surface area contributed by atoms with Gasteiger partial charge in [0, 0.05) is 12.2 Å². The van der Waals surface area contributed by atoms with E-state index in [1.165, 1.54) is 12.0 Å². The first-order valence-corrected chi connectivity index (χ1v) is 7.86. The predicted octanol–water partition coefficient (Wildman–Crippen LogP) is 5.11. The molecule has 0 aromatic heterocycles. The number of benzene rings is 1. The zero-order chi connectivity index (χ0) is 15.7. The minimum atomic E-state index is -0.356. The molecule has 0 saturated heterocycles. The molecule has 1 atom stereocenters. The van der Waals surface area contributed by atoms with Gasteiger partial charge in [0.05, 0.1) is 0 Å². The summed E-state index contributed by atoms with van der Waals surface area (Å²) in [7, 11) is 0. The maximum Gasteiger partial charge on any atom is 0.191 e. The second kappa shape index (κ2) is 9.51. The Hall–Kier alpha value is -1.41. The van der Waals surface area contributed by atoms with Crippen molar-refractivity contribution in [1.82, 2.24) is 0 Å². The zero-order valence-electron chi connectivity index (χ0n) is 13.8. The maximum absolute atomic E-state index is 12.2. The third-order valence-corrected chi connectivity index (χ3v) is 3.47. The van der Waals surface area contributed by atoms with E-state index in [0.29, 0.717) is 6.61 Å². The lowest BCUT2D eigenvalue weighted by atomic mass is 10.1. The van der Waals surface area contributed by atoms with Crippen molar-refractivity contribution in [2.24, 2.45) is 0 Å². The van der Waals surface area contributed by atoms with Gasteiger partial charge in [-0.25, -0.2) is 0 Å². The Morgan fingerprint density at radius 1 is 1.14 bits per heavy atom. The number of Topliss-reactive ketones (excluding diaryl/α,β-unsaturated/α-hetero) is 1. The van der Waals surface area contributed by atoms with Crippen molar-refractivity contribution in [3.63, 3.8) is 0 Å². The first-order chi connectivity index (χ1) is 10.0. The van der Waals surface area contributed by atoms with E-state index in [9.17, 15) is 4.79 Å². The highest BCUT2D eigenvalue weighted by molar-refractivity contribution is 5.99. The van der Waals surface area contributed by atoms with E-state index in [1.54, 1.807) is 0 Å². The average molecular weight is 288 g/mol. The van der Waals surface area contributed by atoms with Crippen molar-refractivity contribution in [2.45, 2.75) is 59.5 Å². The van der Waals surface area contributed by atoms with Gasteiger partial charge >= 0.3 is 0 Å². The molecule has 1 aromatic carbocycles. The molecule has 21 heavy (non-hydrogen) atoms. The highest BCUT2D eigenvalue weighted by Crippen LogP contribution is 2.10. The molecular formula is C19H28O2. The first-order valence-electron chi connectivity index (χ1n) is 7.86. The Kier molecular flexibility index (Phi) is 7.99. The molecule has 0 saturated carbocycles. The number of carbonyl (C=O) groups excluding carboxylic acids is 1. The molecule has 1 rings (SSSR count). The molecule has 2 heteroatoms. The number of unbranched alkanes of at least 4 members (excludes halogenated alkanes) is 3. The van der Waals surface area contributed by atoms with Gasteiger partial charge in [0.2, 0.25) is 0 Å². The molecule has 116 valence electrons. The molecule has 0 fully saturated rings. The zero-order valence-corrected chi connectivity index (χ0v) is 13.8. The van der Waals surface area contributed by atoms with E-state index in [2.05, 4.69) is 19.9 Å². The van der Waals surface area contributed by atoms with Gasteiger partial charge in [0.1, 0.15) is 6.10 Å². The number of carbonyl (C=O) groups is 1. The molecule has 0 amide bonds. The van der Waals surface area contributed by atoms with Crippen molar-refractivity contribution in [2.75, 3.05) is 6.61 Å². The summed E-state index contributed by atoms with van der Waals surface area (Å²) in [6.45, 7) is 8.77. The van der Waals surface area contributed by atoms with Crippen LogP contribution in [0.1, 0.15) is 62.4 Å². The van der Waals surface area contributed by atoms with Crippen LogP contribution in [0.4, 0.5) is 0 Å². The van der Waals surface area contributed by atoms with Crippen molar-refractivity contribution >= 4 is 5.78 Å². The fourth-order valence-electron chi connectivity index (χ4n) is 2.10. The van der Waals surface area contributed by atoms with Crippen LogP contribution in [-0.4, -0.2) is 18.5 Å². The van der Waals surface area contributed by atoms with E-state index >= 15 is 0 Å². The molecule has 0 aliphatic carbocycles.